The van der Waals surface area contributed by atoms with Crippen molar-refractivity contribution in [2.45, 2.75) is 32.8 Å². The molecule has 0 atom stereocenters. The van der Waals surface area contributed by atoms with Gasteiger partial charge in [0.05, 0.1) is 24.6 Å². The Morgan fingerprint density at radius 1 is 1.38 bits per heavy atom. The summed E-state index contributed by atoms with van der Waals surface area (Å²) in [6.45, 7) is 5.91. The number of imidazole rings is 1. The molecule has 0 saturated carbocycles. The second kappa shape index (κ2) is 3.59. The van der Waals surface area contributed by atoms with Crippen LogP contribution in [0.1, 0.15) is 36.7 Å². The summed E-state index contributed by atoms with van der Waals surface area (Å²) in [5.74, 6) is 0.548. The van der Waals surface area contributed by atoms with Gasteiger partial charge in [0.2, 0.25) is 0 Å². The average Bonchev–Trinajstić information content (AvgIpc) is 2.66. The lowest BCUT2D eigenvalue weighted by Crippen LogP contribution is -2.10. The number of aromatic nitrogens is 2. The maximum absolute atomic E-state index is 5.50. The van der Waals surface area contributed by atoms with Crippen molar-refractivity contribution in [3.05, 3.63) is 35.3 Å². The van der Waals surface area contributed by atoms with Crippen LogP contribution in [-0.4, -0.2) is 16.0 Å². The summed E-state index contributed by atoms with van der Waals surface area (Å²) in [5.41, 5.74) is 4.81. The summed E-state index contributed by atoms with van der Waals surface area (Å²) in [5, 5.41) is 0. The molecule has 3 nitrogen and oxygen atoms in total. The molecule has 2 aromatic rings. The number of hydrogen-bond acceptors (Lipinski definition) is 2. The zero-order chi connectivity index (χ0) is 11.1. The molecule has 0 N–H and O–H groups in total. The fourth-order valence-corrected chi connectivity index (χ4v) is 2.19. The highest BCUT2D eigenvalue weighted by Crippen LogP contribution is 2.21. The molecular weight excluding hydrogens is 200 g/mol. The maximum atomic E-state index is 5.50. The van der Waals surface area contributed by atoms with E-state index in [1.54, 1.807) is 0 Å². The third-order valence-corrected chi connectivity index (χ3v) is 3.21. The summed E-state index contributed by atoms with van der Waals surface area (Å²) in [6.07, 6.45) is 3.13. The molecule has 0 bridgehead atoms. The standard InChI is InChI=1S/C13H16N2O/c1-9(2)10-3-4-13-14-11-5-6-16-8-12(11)15(13)7-10/h3-4,7,9H,5-6,8H2,1-2H3. The molecule has 1 aliphatic heterocycles. The van der Waals surface area contributed by atoms with Crippen LogP contribution >= 0.6 is 0 Å². The van der Waals surface area contributed by atoms with E-state index in [4.69, 9.17) is 4.74 Å². The minimum absolute atomic E-state index is 0.548. The first-order valence-electron chi connectivity index (χ1n) is 5.83. The average molecular weight is 216 g/mol. The van der Waals surface area contributed by atoms with E-state index in [2.05, 4.69) is 41.6 Å². The van der Waals surface area contributed by atoms with E-state index in [0.29, 0.717) is 12.5 Å². The summed E-state index contributed by atoms with van der Waals surface area (Å²) in [4.78, 5) is 4.64. The largest absolute Gasteiger partial charge is 0.375 e. The summed E-state index contributed by atoms with van der Waals surface area (Å²) in [7, 11) is 0. The number of hydrogen-bond donors (Lipinski definition) is 0. The van der Waals surface area contributed by atoms with Gasteiger partial charge in [-0.05, 0) is 17.5 Å². The van der Waals surface area contributed by atoms with Crippen molar-refractivity contribution in [1.82, 2.24) is 9.38 Å². The number of rotatable bonds is 1. The van der Waals surface area contributed by atoms with Crippen molar-refractivity contribution in [3.8, 4) is 0 Å². The lowest BCUT2D eigenvalue weighted by Gasteiger charge is -2.12. The van der Waals surface area contributed by atoms with E-state index in [1.165, 1.54) is 17.0 Å². The molecule has 2 aromatic heterocycles. The SMILES string of the molecule is CC(C)c1ccc2nc3c(n2c1)COCC3. The van der Waals surface area contributed by atoms with Gasteiger partial charge in [0.1, 0.15) is 5.65 Å². The quantitative estimate of drug-likeness (QED) is 0.732. The van der Waals surface area contributed by atoms with Gasteiger partial charge in [0, 0.05) is 12.6 Å². The van der Waals surface area contributed by atoms with Gasteiger partial charge in [-0.25, -0.2) is 4.98 Å². The number of fused-ring (bicyclic) bond motifs is 3. The Morgan fingerprint density at radius 3 is 3.06 bits per heavy atom. The molecule has 0 unspecified atom stereocenters. The second-order valence-corrected chi connectivity index (χ2v) is 4.65. The molecule has 1 aliphatic rings. The highest BCUT2D eigenvalue weighted by molar-refractivity contribution is 5.45. The van der Waals surface area contributed by atoms with Gasteiger partial charge in [0.15, 0.2) is 0 Å². The van der Waals surface area contributed by atoms with Crippen molar-refractivity contribution >= 4 is 5.65 Å². The minimum atomic E-state index is 0.548. The van der Waals surface area contributed by atoms with Gasteiger partial charge in [-0.3, -0.25) is 0 Å². The van der Waals surface area contributed by atoms with Gasteiger partial charge in [-0.1, -0.05) is 19.9 Å². The zero-order valence-electron chi connectivity index (χ0n) is 9.73. The van der Waals surface area contributed by atoms with Gasteiger partial charge in [0.25, 0.3) is 0 Å². The molecule has 0 radical (unpaired) electrons. The van der Waals surface area contributed by atoms with Gasteiger partial charge in [-0.2, -0.15) is 0 Å². The third kappa shape index (κ3) is 1.43. The normalized spacial score (nSPS) is 15.7. The Balaban J connectivity index is 2.21. The van der Waals surface area contributed by atoms with Crippen LogP contribution in [0, 0.1) is 0 Å². The molecule has 3 heteroatoms. The lowest BCUT2D eigenvalue weighted by molar-refractivity contribution is 0.106. The summed E-state index contributed by atoms with van der Waals surface area (Å²) >= 11 is 0. The Hall–Kier alpha value is -1.35. The van der Waals surface area contributed by atoms with Crippen molar-refractivity contribution < 1.29 is 4.74 Å². The van der Waals surface area contributed by atoms with Crippen LogP contribution in [0.3, 0.4) is 0 Å². The van der Waals surface area contributed by atoms with E-state index in [1.807, 2.05) is 0 Å². The number of nitrogens with zero attached hydrogens (tertiary/aromatic N) is 2. The fraction of sp³-hybridized carbons (Fsp3) is 0.462. The molecular formula is C13H16N2O. The molecule has 84 valence electrons. The number of pyridine rings is 1. The van der Waals surface area contributed by atoms with Crippen LogP contribution in [0.2, 0.25) is 0 Å². The van der Waals surface area contributed by atoms with E-state index in [0.717, 1.165) is 18.7 Å². The smallest absolute Gasteiger partial charge is 0.137 e. The first-order chi connectivity index (χ1) is 7.75. The monoisotopic (exact) mass is 216 g/mol. The predicted octanol–water partition coefficient (Wildman–Crippen LogP) is 2.53. The van der Waals surface area contributed by atoms with Crippen molar-refractivity contribution in [1.29, 1.82) is 0 Å². The topological polar surface area (TPSA) is 26.5 Å². The third-order valence-electron chi connectivity index (χ3n) is 3.21. The van der Waals surface area contributed by atoms with Gasteiger partial charge >= 0.3 is 0 Å². The molecule has 3 rings (SSSR count). The van der Waals surface area contributed by atoms with E-state index in [9.17, 15) is 0 Å². The van der Waals surface area contributed by atoms with E-state index < -0.39 is 0 Å². The van der Waals surface area contributed by atoms with Crippen LogP contribution in [-0.2, 0) is 17.8 Å². The van der Waals surface area contributed by atoms with Crippen LogP contribution in [0.15, 0.2) is 18.3 Å². The molecule has 0 spiro atoms. The fourth-order valence-electron chi connectivity index (χ4n) is 2.19. The Bertz CT molecular complexity index is 528. The van der Waals surface area contributed by atoms with Crippen molar-refractivity contribution in [2.75, 3.05) is 6.61 Å². The first-order valence-corrected chi connectivity index (χ1v) is 5.83. The minimum Gasteiger partial charge on any atom is -0.375 e. The molecule has 3 heterocycles. The van der Waals surface area contributed by atoms with Crippen LogP contribution in [0.5, 0.6) is 0 Å². The van der Waals surface area contributed by atoms with Crippen LogP contribution < -0.4 is 0 Å². The molecule has 0 aliphatic carbocycles. The van der Waals surface area contributed by atoms with Crippen LogP contribution in [0.25, 0.3) is 5.65 Å². The van der Waals surface area contributed by atoms with Crippen LogP contribution in [0.4, 0.5) is 0 Å². The zero-order valence-corrected chi connectivity index (χ0v) is 9.73. The Morgan fingerprint density at radius 2 is 2.25 bits per heavy atom. The molecule has 0 saturated heterocycles. The first kappa shape index (κ1) is 9.85. The van der Waals surface area contributed by atoms with E-state index in [-0.39, 0.29) is 0 Å². The van der Waals surface area contributed by atoms with Crippen molar-refractivity contribution in [2.24, 2.45) is 0 Å². The molecule has 16 heavy (non-hydrogen) atoms. The Kier molecular flexibility index (Phi) is 2.21. The van der Waals surface area contributed by atoms with E-state index >= 15 is 0 Å². The molecule has 0 fully saturated rings. The summed E-state index contributed by atoms with van der Waals surface area (Å²) < 4.78 is 7.69. The lowest BCUT2D eigenvalue weighted by atomic mass is 10.1. The van der Waals surface area contributed by atoms with Crippen molar-refractivity contribution in [3.63, 3.8) is 0 Å². The molecule has 0 amide bonds. The predicted molar refractivity (Wildman–Crippen MR) is 62.6 cm³/mol. The van der Waals surface area contributed by atoms with Gasteiger partial charge in [-0.15, -0.1) is 0 Å². The maximum Gasteiger partial charge on any atom is 0.137 e. The number of ether oxygens (including phenoxy) is 1. The Labute approximate surface area is 95.1 Å². The highest BCUT2D eigenvalue weighted by atomic mass is 16.5. The van der Waals surface area contributed by atoms with Gasteiger partial charge < -0.3 is 9.14 Å². The molecule has 0 aromatic carbocycles. The highest BCUT2D eigenvalue weighted by Gasteiger charge is 2.16. The second-order valence-electron chi connectivity index (χ2n) is 4.65. The summed E-state index contributed by atoms with van der Waals surface area (Å²) in [6, 6.07) is 4.27.